The number of ether oxygens (including phenoxy) is 3. The van der Waals surface area contributed by atoms with Crippen molar-refractivity contribution in [2.75, 3.05) is 7.11 Å². The Bertz CT molecular complexity index is 461. The van der Waals surface area contributed by atoms with E-state index < -0.39 is 5.97 Å². The number of hydrogen-bond acceptors (Lipinski definition) is 4. The summed E-state index contributed by atoms with van der Waals surface area (Å²) in [6.07, 6.45) is 5.96. The summed E-state index contributed by atoms with van der Waals surface area (Å²) in [6.45, 7) is 3.35. The molecule has 1 saturated carbocycles. The number of carbonyl (C=O) groups excluding carboxylic acids is 1. The van der Waals surface area contributed by atoms with Crippen LogP contribution in [0, 0.1) is 0 Å². The van der Waals surface area contributed by atoms with Gasteiger partial charge in [0.15, 0.2) is 11.5 Å². The first-order chi connectivity index (χ1) is 9.22. The lowest BCUT2D eigenvalue weighted by Gasteiger charge is -2.16. The molecule has 0 unspecified atom stereocenters. The van der Waals surface area contributed by atoms with Crippen molar-refractivity contribution in [2.24, 2.45) is 0 Å². The van der Waals surface area contributed by atoms with Crippen LogP contribution in [0.4, 0.5) is 0 Å². The predicted octanol–water partition coefficient (Wildman–Crippen LogP) is 3.11. The molecule has 19 heavy (non-hydrogen) atoms. The summed E-state index contributed by atoms with van der Waals surface area (Å²) in [5.74, 6) is 1.18. The molecule has 0 amide bonds. The van der Waals surface area contributed by atoms with Crippen LogP contribution in [0.15, 0.2) is 30.9 Å². The molecule has 1 aliphatic carbocycles. The first-order valence-electron chi connectivity index (χ1n) is 6.42. The van der Waals surface area contributed by atoms with Crippen molar-refractivity contribution in [2.45, 2.75) is 31.8 Å². The molecule has 0 aliphatic heterocycles. The summed E-state index contributed by atoms with van der Waals surface area (Å²) in [5.41, 5.74) is 0. The van der Waals surface area contributed by atoms with Gasteiger partial charge in [0.05, 0.1) is 13.2 Å². The lowest BCUT2D eigenvalue weighted by molar-refractivity contribution is -0.128. The van der Waals surface area contributed by atoms with E-state index in [2.05, 4.69) is 6.58 Å². The number of esters is 1. The van der Waals surface area contributed by atoms with E-state index in [4.69, 9.17) is 14.2 Å². The summed E-state index contributed by atoms with van der Waals surface area (Å²) in [5, 5.41) is 0. The number of methoxy groups -OCH3 is 1. The van der Waals surface area contributed by atoms with Gasteiger partial charge in [-0.3, -0.25) is 0 Å². The molecule has 1 aliphatic rings. The van der Waals surface area contributed by atoms with Crippen molar-refractivity contribution in [3.63, 3.8) is 0 Å². The van der Waals surface area contributed by atoms with Crippen LogP contribution in [0.1, 0.15) is 25.7 Å². The van der Waals surface area contributed by atoms with E-state index in [1.807, 2.05) is 0 Å². The van der Waals surface area contributed by atoms with Gasteiger partial charge in [0.25, 0.3) is 0 Å². The molecule has 1 aromatic rings. The molecule has 0 spiro atoms. The van der Waals surface area contributed by atoms with Crippen LogP contribution in [0.3, 0.4) is 0 Å². The van der Waals surface area contributed by atoms with Crippen LogP contribution in [-0.4, -0.2) is 19.2 Å². The van der Waals surface area contributed by atoms with E-state index in [0.29, 0.717) is 17.2 Å². The fourth-order valence-corrected chi connectivity index (χ4v) is 2.15. The Morgan fingerprint density at radius 1 is 1.32 bits per heavy atom. The van der Waals surface area contributed by atoms with Gasteiger partial charge >= 0.3 is 5.97 Å². The van der Waals surface area contributed by atoms with Gasteiger partial charge in [0, 0.05) is 12.1 Å². The minimum Gasteiger partial charge on any atom is -0.493 e. The Labute approximate surface area is 113 Å². The molecule has 0 saturated heterocycles. The highest BCUT2D eigenvalue weighted by Gasteiger charge is 2.18. The van der Waals surface area contributed by atoms with E-state index in [-0.39, 0.29) is 6.10 Å². The largest absolute Gasteiger partial charge is 0.493 e. The zero-order valence-corrected chi connectivity index (χ0v) is 11.1. The molecule has 0 atom stereocenters. The van der Waals surface area contributed by atoms with E-state index in [1.165, 1.54) is 12.8 Å². The Kier molecular flexibility index (Phi) is 4.44. The summed E-state index contributed by atoms with van der Waals surface area (Å²) >= 11 is 0. The zero-order chi connectivity index (χ0) is 13.7. The minimum atomic E-state index is -0.494. The summed E-state index contributed by atoms with van der Waals surface area (Å²) in [6, 6.07) is 5.10. The predicted molar refractivity (Wildman–Crippen MR) is 71.7 cm³/mol. The first-order valence-corrected chi connectivity index (χ1v) is 6.42. The van der Waals surface area contributed by atoms with Crippen molar-refractivity contribution in [1.29, 1.82) is 0 Å². The van der Waals surface area contributed by atoms with Gasteiger partial charge in [0.1, 0.15) is 5.75 Å². The third-order valence-electron chi connectivity index (χ3n) is 3.12. The first kappa shape index (κ1) is 13.5. The number of hydrogen-bond donors (Lipinski definition) is 0. The van der Waals surface area contributed by atoms with Crippen LogP contribution >= 0.6 is 0 Å². The monoisotopic (exact) mass is 262 g/mol. The van der Waals surface area contributed by atoms with Gasteiger partial charge in [-0.25, -0.2) is 4.79 Å². The van der Waals surface area contributed by atoms with Crippen molar-refractivity contribution in [3.05, 3.63) is 30.9 Å². The minimum absolute atomic E-state index is 0.260. The van der Waals surface area contributed by atoms with Crippen LogP contribution in [0.5, 0.6) is 17.2 Å². The number of benzene rings is 1. The highest BCUT2D eigenvalue weighted by molar-refractivity contribution is 5.83. The third kappa shape index (κ3) is 3.50. The highest BCUT2D eigenvalue weighted by Crippen LogP contribution is 2.34. The standard InChI is InChI=1S/C15H18O4/c1-3-15(16)19-12-8-9-13(14(10-12)17-2)18-11-6-4-5-7-11/h3,8-11H,1,4-7H2,2H3. The van der Waals surface area contributed by atoms with Gasteiger partial charge in [-0.05, 0) is 37.8 Å². The molecular weight excluding hydrogens is 244 g/mol. The van der Waals surface area contributed by atoms with Crippen molar-refractivity contribution in [1.82, 2.24) is 0 Å². The quantitative estimate of drug-likeness (QED) is 0.464. The molecular formula is C15H18O4. The van der Waals surface area contributed by atoms with E-state index >= 15 is 0 Å². The lowest BCUT2D eigenvalue weighted by Crippen LogP contribution is -2.11. The van der Waals surface area contributed by atoms with Gasteiger partial charge in [-0.15, -0.1) is 0 Å². The molecule has 2 rings (SSSR count). The molecule has 0 radical (unpaired) electrons. The normalized spacial score (nSPS) is 15.0. The van der Waals surface area contributed by atoms with Crippen molar-refractivity contribution in [3.8, 4) is 17.2 Å². The van der Waals surface area contributed by atoms with Crippen molar-refractivity contribution >= 4 is 5.97 Å². The summed E-state index contributed by atoms with van der Waals surface area (Å²) in [7, 11) is 1.57. The Morgan fingerprint density at radius 2 is 2.05 bits per heavy atom. The van der Waals surface area contributed by atoms with E-state index in [0.717, 1.165) is 18.9 Å². The maximum atomic E-state index is 11.1. The Morgan fingerprint density at radius 3 is 2.68 bits per heavy atom. The molecule has 0 aromatic heterocycles. The van der Waals surface area contributed by atoms with Crippen LogP contribution < -0.4 is 14.2 Å². The summed E-state index contributed by atoms with van der Waals surface area (Å²) < 4.78 is 16.2. The van der Waals surface area contributed by atoms with Crippen molar-refractivity contribution < 1.29 is 19.0 Å². The maximum Gasteiger partial charge on any atom is 0.335 e. The van der Waals surface area contributed by atoms with Crippen LogP contribution in [0.25, 0.3) is 0 Å². The second-order valence-electron chi connectivity index (χ2n) is 4.46. The fourth-order valence-electron chi connectivity index (χ4n) is 2.15. The number of rotatable bonds is 5. The lowest BCUT2D eigenvalue weighted by atomic mass is 10.2. The Balaban J connectivity index is 2.11. The molecule has 1 fully saturated rings. The maximum absolute atomic E-state index is 11.1. The molecule has 0 heterocycles. The van der Waals surface area contributed by atoms with Gasteiger partial charge < -0.3 is 14.2 Å². The summed E-state index contributed by atoms with van der Waals surface area (Å²) in [4.78, 5) is 11.1. The second kappa shape index (κ2) is 6.27. The average molecular weight is 262 g/mol. The van der Waals surface area contributed by atoms with E-state index in [9.17, 15) is 4.79 Å². The molecule has 1 aromatic carbocycles. The molecule has 0 bridgehead atoms. The second-order valence-corrected chi connectivity index (χ2v) is 4.46. The topological polar surface area (TPSA) is 44.8 Å². The zero-order valence-electron chi connectivity index (χ0n) is 11.1. The smallest absolute Gasteiger partial charge is 0.335 e. The van der Waals surface area contributed by atoms with Gasteiger partial charge in [-0.1, -0.05) is 6.58 Å². The third-order valence-corrected chi connectivity index (χ3v) is 3.12. The fraction of sp³-hybridized carbons (Fsp3) is 0.400. The van der Waals surface area contributed by atoms with Gasteiger partial charge in [-0.2, -0.15) is 0 Å². The van der Waals surface area contributed by atoms with Crippen LogP contribution in [0.2, 0.25) is 0 Å². The molecule has 0 N–H and O–H groups in total. The van der Waals surface area contributed by atoms with Gasteiger partial charge in [0.2, 0.25) is 0 Å². The molecule has 4 heteroatoms. The Hall–Kier alpha value is -1.97. The molecule has 102 valence electrons. The van der Waals surface area contributed by atoms with E-state index in [1.54, 1.807) is 25.3 Å². The highest BCUT2D eigenvalue weighted by atomic mass is 16.5. The molecule has 4 nitrogen and oxygen atoms in total. The SMILES string of the molecule is C=CC(=O)Oc1ccc(OC2CCCC2)c(OC)c1. The van der Waals surface area contributed by atoms with Crippen LogP contribution in [-0.2, 0) is 4.79 Å². The average Bonchev–Trinajstić information content (AvgIpc) is 2.93. The number of carbonyl (C=O) groups is 1.